The summed E-state index contributed by atoms with van der Waals surface area (Å²) >= 11 is 0. The minimum atomic E-state index is -0.146. The van der Waals surface area contributed by atoms with Gasteiger partial charge in [-0.25, -0.2) is 0 Å². The number of benzene rings is 1. The number of carbonyl (C=O) groups is 3. The maximum Gasteiger partial charge on any atom is 0.233 e. The third-order valence-corrected chi connectivity index (χ3v) is 6.07. The van der Waals surface area contributed by atoms with E-state index in [0.717, 1.165) is 31.2 Å². The van der Waals surface area contributed by atoms with Gasteiger partial charge in [0.2, 0.25) is 17.7 Å². The van der Waals surface area contributed by atoms with E-state index in [4.69, 9.17) is 4.74 Å². The summed E-state index contributed by atoms with van der Waals surface area (Å²) in [6.07, 6.45) is 3.72. The topological polar surface area (TPSA) is 66.9 Å². The van der Waals surface area contributed by atoms with Gasteiger partial charge in [-0.3, -0.25) is 19.3 Å². The summed E-state index contributed by atoms with van der Waals surface area (Å²) in [6, 6.07) is 9.88. The fourth-order valence-corrected chi connectivity index (χ4v) is 4.56. The zero-order valence-electron chi connectivity index (χ0n) is 15.5. The molecule has 0 bridgehead atoms. The Morgan fingerprint density at radius 1 is 1.04 bits per heavy atom. The van der Waals surface area contributed by atoms with E-state index < -0.39 is 0 Å². The first-order valence-corrected chi connectivity index (χ1v) is 9.94. The number of rotatable bonds is 4. The number of imide groups is 1. The maximum absolute atomic E-state index is 12.7. The van der Waals surface area contributed by atoms with Crippen LogP contribution in [0.4, 0.5) is 0 Å². The highest BCUT2D eigenvalue weighted by atomic mass is 16.5. The smallest absolute Gasteiger partial charge is 0.233 e. The summed E-state index contributed by atoms with van der Waals surface area (Å²) < 4.78 is 5.81. The third-order valence-electron chi connectivity index (χ3n) is 6.07. The molecule has 3 atom stereocenters. The van der Waals surface area contributed by atoms with Gasteiger partial charge in [0, 0.05) is 19.5 Å². The normalized spacial score (nSPS) is 28.4. The highest BCUT2D eigenvalue weighted by Crippen LogP contribution is 2.38. The van der Waals surface area contributed by atoms with Crippen molar-refractivity contribution in [3.05, 3.63) is 35.9 Å². The second-order valence-electron chi connectivity index (χ2n) is 7.69. The number of hydrogen-bond donors (Lipinski definition) is 0. The Morgan fingerprint density at radius 2 is 1.70 bits per heavy atom. The van der Waals surface area contributed by atoms with Crippen LogP contribution in [-0.2, 0) is 19.1 Å². The van der Waals surface area contributed by atoms with Gasteiger partial charge >= 0.3 is 0 Å². The molecule has 1 aliphatic carbocycles. The average Bonchev–Trinajstić information content (AvgIpc) is 2.97. The van der Waals surface area contributed by atoms with Gasteiger partial charge in [0.1, 0.15) is 6.10 Å². The van der Waals surface area contributed by atoms with E-state index in [1.807, 2.05) is 30.3 Å². The van der Waals surface area contributed by atoms with Crippen LogP contribution in [0.5, 0.6) is 0 Å². The van der Waals surface area contributed by atoms with E-state index in [-0.39, 0.29) is 48.6 Å². The molecule has 0 aromatic heterocycles. The van der Waals surface area contributed by atoms with Crippen LogP contribution >= 0.6 is 0 Å². The van der Waals surface area contributed by atoms with Crippen LogP contribution in [0.15, 0.2) is 30.3 Å². The van der Waals surface area contributed by atoms with Crippen molar-refractivity contribution >= 4 is 17.7 Å². The number of fused-ring (bicyclic) bond motifs is 1. The Labute approximate surface area is 159 Å². The average molecular weight is 370 g/mol. The molecule has 0 spiro atoms. The monoisotopic (exact) mass is 370 g/mol. The van der Waals surface area contributed by atoms with Crippen molar-refractivity contribution in [1.82, 2.24) is 9.80 Å². The molecule has 3 fully saturated rings. The molecule has 2 aliphatic heterocycles. The minimum absolute atomic E-state index is 0.0188. The Bertz CT molecular complexity index is 696. The Balaban J connectivity index is 1.34. The molecule has 3 aliphatic rings. The number of ether oxygens (including phenoxy) is 1. The van der Waals surface area contributed by atoms with E-state index in [0.29, 0.717) is 19.7 Å². The molecule has 4 rings (SSSR count). The van der Waals surface area contributed by atoms with Crippen LogP contribution in [-0.4, -0.2) is 53.8 Å². The van der Waals surface area contributed by atoms with E-state index in [1.165, 1.54) is 4.90 Å². The van der Waals surface area contributed by atoms with Crippen LogP contribution in [0.25, 0.3) is 0 Å². The summed E-state index contributed by atoms with van der Waals surface area (Å²) in [4.78, 5) is 40.9. The standard InChI is InChI=1S/C21H26N2O4/c24-19(22-12-13-27-18(14-22)15-6-2-1-3-7-15)10-11-23-20(25)16-8-4-5-9-17(16)21(23)26/h1-3,6-7,16-18H,4-5,8-14H2/t16-,17-,18+/m1/s1. The number of carbonyl (C=O) groups excluding carboxylic acids is 3. The van der Waals surface area contributed by atoms with Gasteiger partial charge in [0.15, 0.2) is 0 Å². The SMILES string of the molecule is O=C(CCN1C(=O)[C@@H]2CCCC[C@H]2C1=O)N1CCO[C@H](c2ccccc2)C1. The molecule has 1 saturated carbocycles. The number of amides is 3. The Kier molecular flexibility index (Phi) is 5.25. The largest absolute Gasteiger partial charge is 0.370 e. The molecule has 0 radical (unpaired) electrons. The lowest BCUT2D eigenvalue weighted by molar-refractivity contribution is -0.142. The molecule has 1 aromatic carbocycles. The van der Waals surface area contributed by atoms with Crippen molar-refractivity contribution in [3.8, 4) is 0 Å². The van der Waals surface area contributed by atoms with Gasteiger partial charge in [-0.1, -0.05) is 43.2 Å². The number of hydrogen-bond acceptors (Lipinski definition) is 4. The quantitative estimate of drug-likeness (QED) is 0.762. The lowest BCUT2D eigenvalue weighted by atomic mass is 9.81. The Morgan fingerprint density at radius 3 is 2.37 bits per heavy atom. The fourth-order valence-electron chi connectivity index (χ4n) is 4.56. The van der Waals surface area contributed by atoms with Crippen molar-refractivity contribution in [2.45, 2.75) is 38.2 Å². The first-order chi connectivity index (χ1) is 13.1. The molecule has 2 heterocycles. The van der Waals surface area contributed by atoms with Gasteiger partial charge in [0.25, 0.3) is 0 Å². The summed E-state index contributed by atoms with van der Waals surface area (Å²) in [5.41, 5.74) is 1.06. The van der Waals surface area contributed by atoms with Gasteiger partial charge in [-0.15, -0.1) is 0 Å². The van der Waals surface area contributed by atoms with Crippen molar-refractivity contribution in [1.29, 1.82) is 0 Å². The van der Waals surface area contributed by atoms with Crippen LogP contribution in [0.2, 0.25) is 0 Å². The Hall–Kier alpha value is -2.21. The third kappa shape index (κ3) is 3.63. The van der Waals surface area contributed by atoms with Crippen molar-refractivity contribution in [3.63, 3.8) is 0 Å². The molecular formula is C21H26N2O4. The van der Waals surface area contributed by atoms with Crippen LogP contribution < -0.4 is 0 Å². The second-order valence-corrected chi connectivity index (χ2v) is 7.69. The van der Waals surface area contributed by atoms with E-state index in [2.05, 4.69) is 0 Å². The molecule has 6 nitrogen and oxygen atoms in total. The first-order valence-electron chi connectivity index (χ1n) is 9.94. The molecule has 3 amide bonds. The predicted molar refractivity (Wildman–Crippen MR) is 98.5 cm³/mol. The number of morpholine rings is 1. The molecule has 27 heavy (non-hydrogen) atoms. The highest BCUT2D eigenvalue weighted by Gasteiger charge is 2.47. The molecular weight excluding hydrogens is 344 g/mol. The van der Waals surface area contributed by atoms with E-state index in [9.17, 15) is 14.4 Å². The van der Waals surface area contributed by atoms with Gasteiger partial charge in [-0.05, 0) is 18.4 Å². The van der Waals surface area contributed by atoms with E-state index >= 15 is 0 Å². The summed E-state index contributed by atoms with van der Waals surface area (Å²) in [5.74, 6) is -0.447. The number of nitrogens with zero attached hydrogens (tertiary/aromatic N) is 2. The van der Waals surface area contributed by atoms with Crippen molar-refractivity contribution in [2.24, 2.45) is 11.8 Å². The first kappa shape index (κ1) is 18.2. The highest BCUT2D eigenvalue weighted by molar-refractivity contribution is 6.05. The zero-order valence-corrected chi connectivity index (χ0v) is 15.5. The fraction of sp³-hybridized carbons (Fsp3) is 0.571. The van der Waals surface area contributed by atoms with Crippen LogP contribution in [0, 0.1) is 11.8 Å². The van der Waals surface area contributed by atoms with Crippen LogP contribution in [0.3, 0.4) is 0 Å². The van der Waals surface area contributed by atoms with Crippen molar-refractivity contribution in [2.75, 3.05) is 26.2 Å². The summed E-state index contributed by atoms with van der Waals surface area (Å²) in [6.45, 7) is 1.76. The lowest BCUT2D eigenvalue weighted by Crippen LogP contribution is -2.44. The predicted octanol–water partition coefficient (Wildman–Crippen LogP) is 2.15. The summed E-state index contributed by atoms with van der Waals surface area (Å²) in [5, 5.41) is 0. The number of likely N-dealkylation sites (tertiary alicyclic amines) is 1. The van der Waals surface area contributed by atoms with Crippen molar-refractivity contribution < 1.29 is 19.1 Å². The molecule has 0 unspecified atom stereocenters. The second kappa shape index (κ2) is 7.80. The zero-order chi connectivity index (χ0) is 18.8. The minimum Gasteiger partial charge on any atom is -0.370 e. The summed E-state index contributed by atoms with van der Waals surface area (Å²) in [7, 11) is 0. The molecule has 1 aromatic rings. The maximum atomic E-state index is 12.7. The molecule has 0 N–H and O–H groups in total. The molecule has 144 valence electrons. The molecule has 6 heteroatoms. The molecule has 2 saturated heterocycles. The lowest BCUT2D eigenvalue weighted by Gasteiger charge is -2.33. The van der Waals surface area contributed by atoms with Gasteiger partial charge in [-0.2, -0.15) is 0 Å². The van der Waals surface area contributed by atoms with Gasteiger partial charge < -0.3 is 9.64 Å². The van der Waals surface area contributed by atoms with E-state index in [1.54, 1.807) is 4.90 Å². The van der Waals surface area contributed by atoms with Crippen LogP contribution in [0.1, 0.15) is 43.8 Å². The van der Waals surface area contributed by atoms with Gasteiger partial charge in [0.05, 0.1) is 25.0 Å².